The van der Waals surface area contributed by atoms with Crippen molar-refractivity contribution in [3.8, 4) is 0 Å². The van der Waals surface area contributed by atoms with Gasteiger partial charge in [-0.1, -0.05) is 24.6 Å². The lowest BCUT2D eigenvalue weighted by Gasteiger charge is -2.14. The van der Waals surface area contributed by atoms with Gasteiger partial charge >= 0.3 is 5.97 Å². The largest absolute Gasteiger partial charge is 0.478 e. The topological polar surface area (TPSA) is 68.0 Å². The molecule has 0 atom stereocenters. The van der Waals surface area contributed by atoms with Crippen LogP contribution in [0.4, 0.5) is 0 Å². The van der Waals surface area contributed by atoms with Crippen LogP contribution in [0.3, 0.4) is 0 Å². The van der Waals surface area contributed by atoms with Crippen molar-refractivity contribution in [2.75, 3.05) is 0 Å². The maximum atomic E-state index is 11.3. The lowest BCUT2D eigenvalue weighted by Crippen LogP contribution is -2.14. The van der Waals surface area contributed by atoms with Crippen LogP contribution in [0, 0.1) is 5.41 Å². The summed E-state index contributed by atoms with van der Waals surface area (Å²) in [7, 11) is 0. The van der Waals surface area contributed by atoms with E-state index in [1.54, 1.807) is 16.8 Å². The molecular weight excluding hydrogens is 242 g/mol. The molecule has 1 aromatic carbocycles. The van der Waals surface area contributed by atoms with Crippen LogP contribution in [-0.4, -0.2) is 26.1 Å². The van der Waals surface area contributed by atoms with E-state index in [9.17, 15) is 9.90 Å². The van der Waals surface area contributed by atoms with Crippen molar-refractivity contribution in [2.24, 2.45) is 5.41 Å². The zero-order valence-electron chi connectivity index (χ0n) is 11.0. The Morgan fingerprint density at radius 2 is 2.26 bits per heavy atom. The van der Waals surface area contributed by atoms with Gasteiger partial charge in [0.25, 0.3) is 0 Å². The molecule has 1 fully saturated rings. The highest BCUT2D eigenvalue weighted by Gasteiger charge is 2.42. The van der Waals surface area contributed by atoms with Crippen molar-refractivity contribution in [1.29, 1.82) is 0 Å². The predicted molar refractivity (Wildman–Crippen MR) is 71.1 cm³/mol. The van der Waals surface area contributed by atoms with Gasteiger partial charge in [-0.2, -0.15) is 0 Å². The fraction of sp³-hybridized carbons (Fsp3) is 0.500. The normalized spacial score (nSPS) is 16.7. The van der Waals surface area contributed by atoms with Crippen LogP contribution in [0.2, 0.25) is 0 Å². The Morgan fingerprint density at radius 1 is 1.47 bits per heavy atom. The number of hydrogen-bond donors (Lipinski definition) is 1. The highest BCUT2D eigenvalue weighted by molar-refractivity contribution is 6.00. The van der Waals surface area contributed by atoms with Crippen molar-refractivity contribution in [1.82, 2.24) is 15.0 Å². The number of aromatic nitrogens is 3. The summed E-state index contributed by atoms with van der Waals surface area (Å²) in [5.41, 5.74) is 1.92. The Morgan fingerprint density at radius 3 is 2.89 bits per heavy atom. The molecule has 0 amide bonds. The molecule has 5 heteroatoms. The first-order chi connectivity index (χ1) is 9.15. The van der Waals surface area contributed by atoms with Crippen LogP contribution in [0.5, 0.6) is 0 Å². The summed E-state index contributed by atoms with van der Waals surface area (Å²) in [5.74, 6) is -0.922. The fourth-order valence-electron chi connectivity index (χ4n) is 2.83. The SMILES string of the molecule is CCCC1(Cn2nnc3cccc(C(=O)O)c32)CC1. The Labute approximate surface area is 111 Å². The Hall–Kier alpha value is -1.91. The van der Waals surface area contributed by atoms with E-state index in [-0.39, 0.29) is 5.56 Å². The van der Waals surface area contributed by atoms with Crippen LogP contribution in [0.25, 0.3) is 11.0 Å². The zero-order valence-corrected chi connectivity index (χ0v) is 11.0. The molecule has 1 saturated carbocycles. The van der Waals surface area contributed by atoms with E-state index in [2.05, 4.69) is 17.2 Å². The third-order valence-electron chi connectivity index (χ3n) is 3.99. The summed E-state index contributed by atoms with van der Waals surface area (Å²) in [6.45, 7) is 2.96. The molecule has 1 N–H and O–H groups in total. The number of carbonyl (C=O) groups is 1. The van der Waals surface area contributed by atoms with Crippen LogP contribution in [-0.2, 0) is 6.54 Å². The van der Waals surface area contributed by atoms with E-state index in [4.69, 9.17) is 0 Å². The smallest absolute Gasteiger partial charge is 0.337 e. The molecule has 0 saturated heterocycles. The maximum Gasteiger partial charge on any atom is 0.337 e. The van der Waals surface area contributed by atoms with Gasteiger partial charge in [-0.05, 0) is 36.8 Å². The van der Waals surface area contributed by atoms with Gasteiger partial charge in [0.15, 0.2) is 0 Å². The zero-order chi connectivity index (χ0) is 13.5. The standard InChI is InChI=1S/C14H17N3O2/c1-2-6-14(7-8-14)9-17-12-10(13(18)19)4-3-5-11(12)15-16-17/h3-5H,2,6-9H2,1H3,(H,18,19). The number of para-hydroxylation sites is 1. The van der Waals surface area contributed by atoms with Gasteiger partial charge in [0.2, 0.25) is 0 Å². The summed E-state index contributed by atoms with van der Waals surface area (Å²) in [5, 5.41) is 17.5. The number of carboxylic acids is 1. The summed E-state index contributed by atoms with van der Waals surface area (Å²) in [6, 6.07) is 5.14. The second-order valence-corrected chi connectivity index (χ2v) is 5.48. The number of aromatic carboxylic acids is 1. The monoisotopic (exact) mass is 259 g/mol. The number of nitrogens with zero attached hydrogens (tertiary/aromatic N) is 3. The highest BCUT2D eigenvalue weighted by atomic mass is 16.4. The van der Waals surface area contributed by atoms with E-state index in [1.807, 2.05) is 6.07 Å². The van der Waals surface area contributed by atoms with Gasteiger partial charge in [0, 0.05) is 6.54 Å². The predicted octanol–water partition coefficient (Wildman–Crippen LogP) is 2.71. The summed E-state index contributed by atoms with van der Waals surface area (Å²) in [6.07, 6.45) is 4.73. The quantitative estimate of drug-likeness (QED) is 0.896. The Bertz CT molecular complexity index is 629. The minimum atomic E-state index is -0.922. The highest BCUT2D eigenvalue weighted by Crippen LogP contribution is 2.51. The van der Waals surface area contributed by atoms with E-state index >= 15 is 0 Å². The first-order valence-electron chi connectivity index (χ1n) is 6.71. The lowest BCUT2D eigenvalue weighted by atomic mass is 10.0. The van der Waals surface area contributed by atoms with Gasteiger partial charge in [0.1, 0.15) is 11.0 Å². The number of hydrogen-bond acceptors (Lipinski definition) is 3. The second kappa shape index (κ2) is 4.33. The van der Waals surface area contributed by atoms with Crippen LogP contribution >= 0.6 is 0 Å². The molecule has 0 spiro atoms. The molecule has 0 aliphatic heterocycles. The molecule has 19 heavy (non-hydrogen) atoms. The first kappa shape index (κ1) is 12.1. The van der Waals surface area contributed by atoms with Gasteiger partial charge < -0.3 is 5.11 Å². The molecule has 0 radical (unpaired) electrons. The molecule has 1 aliphatic rings. The Balaban J connectivity index is 2.02. The molecule has 1 heterocycles. The van der Waals surface area contributed by atoms with E-state index in [1.165, 1.54) is 19.3 Å². The molecule has 0 unspecified atom stereocenters. The van der Waals surface area contributed by atoms with Crippen molar-refractivity contribution in [3.05, 3.63) is 23.8 Å². The number of benzene rings is 1. The maximum absolute atomic E-state index is 11.3. The molecule has 0 bridgehead atoms. The molecule has 3 rings (SSSR count). The van der Waals surface area contributed by atoms with E-state index < -0.39 is 5.97 Å². The average Bonchev–Trinajstić information content (AvgIpc) is 3.02. The molecular formula is C14H17N3O2. The summed E-state index contributed by atoms with van der Waals surface area (Å²) < 4.78 is 1.78. The minimum Gasteiger partial charge on any atom is -0.478 e. The fourth-order valence-corrected chi connectivity index (χ4v) is 2.83. The van der Waals surface area contributed by atoms with Crippen molar-refractivity contribution in [2.45, 2.75) is 39.2 Å². The Kier molecular flexibility index (Phi) is 2.77. The van der Waals surface area contributed by atoms with Gasteiger partial charge in [0.05, 0.1) is 5.56 Å². The summed E-state index contributed by atoms with van der Waals surface area (Å²) in [4.78, 5) is 11.3. The molecule has 1 aliphatic carbocycles. The van der Waals surface area contributed by atoms with E-state index in [0.29, 0.717) is 16.4 Å². The number of carboxylic acid groups (broad SMARTS) is 1. The molecule has 1 aromatic heterocycles. The van der Waals surface area contributed by atoms with Crippen molar-refractivity contribution >= 4 is 17.0 Å². The van der Waals surface area contributed by atoms with Crippen molar-refractivity contribution in [3.63, 3.8) is 0 Å². The summed E-state index contributed by atoms with van der Waals surface area (Å²) >= 11 is 0. The third kappa shape index (κ3) is 2.09. The van der Waals surface area contributed by atoms with Crippen LogP contribution in [0.15, 0.2) is 18.2 Å². The van der Waals surface area contributed by atoms with Crippen molar-refractivity contribution < 1.29 is 9.90 Å². The van der Waals surface area contributed by atoms with Gasteiger partial charge in [-0.3, -0.25) is 0 Å². The lowest BCUT2D eigenvalue weighted by molar-refractivity contribution is 0.0698. The van der Waals surface area contributed by atoms with Gasteiger partial charge in [-0.15, -0.1) is 5.10 Å². The second-order valence-electron chi connectivity index (χ2n) is 5.48. The molecule has 100 valence electrons. The van der Waals surface area contributed by atoms with Crippen LogP contribution in [0.1, 0.15) is 43.0 Å². The minimum absolute atomic E-state index is 0.287. The average molecular weight is 259 g/mol. The van der Waals surface area contributed by atoms with Gasteiger partial charge in [-0.25, -0.2) is 9.48 Å². The third-order valence-corrected chi connectivity index (χ3v) is 3.99. The number of fused-ring (bicyclic) bond motifs is 1. The van der Waals surface area contributed by atoms with E-state index in [0.717, 1.165) is 13.0 Å². The molecule has 5 nitrogen and oxygen atoms in total. The molecule has 2 aromatic rings. The first-order valence-corrected chi connectivity index (χ1v) is 6.71. The van der Waals surface area contributed by atoms with Crippen LogP contribution < -0.4 is 0 Å². The number of rotatable bonds is 5.